The number of hydrogen-bond donors (Lipinski definition) is 1. The van der Waals surface area contributed by atoms with Gasteiger partial charge in [-0.25, -0.2) is 15.0 Å². The van der Waals surface area contributed by atoms with E-state index in [0.29, 0.717) is 37.0 Å². The summed E-state index contributed by atoms with van der Waals surface area (Å²) in [5.41, 5.74) is 7.97. The Morgan fingerprint density at radius 2 is 2.08 bits per heavy atom. The summed E-state index contributed by atoms with van der Waals surface area (Å²) in [5, 5.41) is 0.557. The first-order valence-corrected chi connectivity index (χ1v) is 8.44. The van der Waals surface area contributed by atoms with Gasteiger partial charge in [-0.1, -0.05) is 12.1 Å². The zero-order chi connectivity index (χ0) is 18.1. The lowest BCUT2D eigenvalue weighted by atomic mass is 10.1. The van der Waals surface area contributed by atoms with Crippen LogP contribution in [0, 0.1) is 0 Å². The van der Waals surface area contributed by atoms with Crippen molar-refractivity contribution in [3.8, 4) is 0 Å². The molecule has 0 fully saturated rings. The second-order valence-corrected chi connectivity index (χ2v) is 6.28. The number of nitrogens with two attached hydrogens (primary N) is 1. The van der Waals surface area contributed by atoms with Gasteiger partial charge in [0.05, 0.1) is 29.5 Å². The number of rotatable bonds is 3. The minimum absolute atomic E-state index is 0.0205. The lowest BCUT2D eigenvalue weighted by Gasteiger charge is -2.28. The van der Waals surface area contributed by atoms with Gasteiger partial charge in [0.25, 0.3) is 5.56 Å². The van der Waals surface area contributed by atoms with Crippen LogP contribution >= 0.6 is 0 Å². The summed E-state index contributed by atoms with van der Waals surface area (Å²) in [7, 11) is 0. The van der Waals surface area contributed by atoms with Crippen LogP contribution in [0.5, 0.6) is 0 Å². The standard InChI is InChI=1S/C18H18N6O2/c19-18-20-9-12-5-7-23(10-15(12)22-18)16(25)6-8-24-11-21-14-4-2-1-3-13(14)17(24)26/h1-4,9,11H,5-8,10H2,(H2,19,20,22). The molecule has 4 rings (SSSR count). The summed E-state index contributed by atoms with van der Waals surface area (Å²) in [6.07, 6.45) is 4.16. The van der Waals surface area contributed by atoms with Crippen molar-refractivity contribution in [1.82, 2.24) is 24.4 Å². The molecule has 0 aliphatic carbocycles. The fourth-order valence-electron chi connectivity index (χ4n) is 3.17. The molecular formula is C18H18N6O2. The number of para-hydroxylation sites is 1. The average molecular weight is 350 g/mol. The van der Waals surface area contributed by atoms with E-state index in [4.69, 9.17) is 5.73 Å². The first-order valence-electron chi connectivity index (χ1n) is 8.44. The van der Waals surface area contributed by atoms with E-state index in [9.17, 15) is 9.59 Å². The molecule has 0 bridgehead atoms. The molecule has 132 valence electrons. The summed E-state index contributed by atoms with van der Waals surface area (Å²) in [5.74, 6) is 0.194. The molecule has 1 amide bonds. The molecule has 1 aromatic carbocycles. The van der Waals surface area contributed by atoms with Gasteiger partial charge in [-0.15, -0.1) is 0 Å². The third-order valence-electron chi connectivity index (χ3n) is 4.62. The van der Waals surface area contributed by atoms with Gasteiger partial charge in [0.2, 0.25) is 11.9 Å². The Morgan fingerprint density at radius 3 is 2.96 bits per heavy atom. The predicted octanol–water partition coefficient (Wildman–Crippen LogP) is 0.744. The molecule has 0 unspecified atom stereocenters. The normalized spacial score (nSPS) is 13.6. The van der Waals surface area contributed by atoms with E-state index in [1.807, 2.05) is 6.07 Å². The fraction of sp³-hybridized carbons (Fsp3) is 0.278. The number of carbonyl (C=O) groups is 1. The molecule has 8 nitrogen and oxygen atoms in total. The Hall–Kier alpha value is -3.29. The van der Waals surface area contributed by atoms with Crippen LogP contribution in [0.2, 0.25) is 0 Å². The summed E-state index contributed by atoms with van der Waals surface area (Å²) in [6.45, 7) is 1.33. The van der Waals surface area contributed by atoms with Crippen LogP contribution in [-0.2, 0) is 24.3 Å². The maximum Gasteiger partial charge on any atom is 0.261 e. The maximum atomic E-state index is 12.6. The van der Waals surface area contributed by atoms with E-state index < -0.39 is 0 Å². The quantitative estimate of drug-likeness (QED) is 0.747. The Kier molecular flexibility index (Phi) is 4.08. The molecule has 1 aliphatic heterocycles. The molecule has 26 heavy (non-hydrogen) atoms. The molecule has 2 aromatic heterocycles. The van der Waals surface area contributed by atoms with Gasteiger partial charge in [0.1, 0.15) is 0 Å². The first kappa shape index (κ1) is 16.2. The summed E-state index contributed by atoms with van der Waals surface area (Å²) in [4.78, 5) is 39.3. The van der Waals surface area contributed by atoms with Crippen molar-refractivity contribution in [3.05, 3.63) is 58.4 Å². The Bertz CT molecular complexity index is 1050. The number of carbonyl (C=O) groups excluding carboxylic acids is 1. The van der Waals surface area contributed by atoms with Crippen LogP contribution < -0.4 is 11.3 Å². The molecule has 0 atom stereocenters. The third-order valence-corrected chi connectivity index (χ3v) is 4.62. The van der Waals surface area contributed by atoms with Crippen molar-refractivity contribution in [1.29, 1.82) is 0 Å². The van der Waals surface area contributed by atoms with E-state index in [1.165, 1.54) is 10.9 Å². The molecule has 3 heterocycles. The number of fused-ring (bicyclic) bond motifs is 2. The number of amides is 1. The molecule has 8 heteroatoms. The van der Waals surface area contributed by atoms with Gasteiger partial charge < -0.3 is 10.6 Å². The van der Waals surface area contributed by atoms with Gasteiger partial charge in [0, 0.05) is 25.7 Å². The van der Waals surface area contributed by atoms with Gasteiger partial charge in [-0.3, -0.25) is 14.2 Å². The molecule has 0 saturated heterocycles. The third kappa shape index (κ3) is 3.01. The minimum atomic E-state index is -0.132. The van der Waals surface area contributed by atoms with Crippen LogP contribution in [0.4, 0.5) is 5.95 Å². The number of aromatic nitrogens is 4. The molecule has 2 N–H and O–H groups in total. The van der Waals surface area contributed by atoms with E-state index in [0.717, 1.165) is 11.3 Å². The second-order valence-electron chi connectivity index (χ2n) is 6.28. The Morgan fingerprint density at radius 1 is 1.23 bits per heavy atom. The number of aryl methyl sites for hydroxylation is 1. The van der Waals surface area contributed by atoms with Crippen molar-refractivity contribution in [3.63, 3.8) is 0 Å². The largest absolute Gasteiger partial charge is 0.368 e. The average Bonchev–Trinajstić information content (AvgIpc) is 2.67. The smallest absolute Gasteiger partial charge is 0.261 e. The highest BCUT2D eigenvalue weighted by atomic mass is 16.2. The fourth-order valence-corrected chi connectivity index (χ4v) is 3.17. The van der Waals surface area contributed by atoms with Gasteiger partial charge in [-0.05, 0) is 24.1 Å². The van der Waals surface area contributed by atoms with Gasteiger partial charge in [0.15, 0.2) is 0 Å². The van der Waals surface area contributed by atoms with Crippen LogP contribution in [0.1, 0.15) is 17.7 Å². The highest BCUT2D eigenvalue weighted by Crippen LogP contribution is 2.17. The van der Waals surface area contributed by atoms with Crippen molar-refractivity contribution in [2.24, 2.45) is 0 Å². The maximum absolute atomic E-state index is 12.6. The van der Waals surface area contributed by atoms with Crippen molar-refractivity contribution < 1.29 is 4.79 Å². The number of anilines is 1. The molecule has 0 radical (unpaired) electrons. The second kappa shape index (κ2) is 6.55. The molecule has 0 spiro atoms. The van der Waals surface area contributed by atoms with Crippen molar-refractivity contribution >= 4 is 22.8 Å². The minimum Gasteiger partial charge on any atom is -0.368 e. The van der Waals surface area contributed by atoms with E-state index >= 15 is 0 Å². The molecule has 1 aliphatic rings. The van der Waals surface area contributed by atoms with Crippen LogP contribution in [-0.4, -0.2) is 36.9 Å². The van der Waals surface area contributed by atoms with E-state index in [1.54, 1.807) is 29.3 Å². The number of benzene rings is 1. The lowest BCUT2D eigenvalue weighted by molar-refractivity contribution is -0.132. The zero-order valence-electron chi connectivity index (χ0n) is 14.1. The van der Waals surface area contributed by atoms with Crippen LogP contribution in [0.25, 0.3) is 10.9 Å². The van der Waals surface area contributed by atoms with E-state index in [2.05, 4.69) is 15.0 Å². The monoisotopic (exact) mass is 350 g/mol. The SMILES string of the molecule is Nc1ncc2c(n1)CN(C(=O)CCn1cnc3ccccc3c1=O)CC2. The van der Waals surface area contributed by atoms with Gasteiger partial charge in [-0.2, -0.15) is 0 Å². The topological polar surface area (TPSA) is 107 Å². The highest BCUT2D eigenvalue weighted by molar-refractivity contribution is 5.77. The van der Waals surface area contributed by atoms with Crippen LogP contribution in [0.3, 0.4) is 0 Å². The molecule has 3 aromatic rings. The molecular weight excluding hydrogens is 332 g/mol. The van der Waals surface area contributed by atoms with Crippen LogP contribution in [0.15, 0.2) is 41.6 Å². The number of hydrogen-bond acceptors (Lipinski definition) is 6. The lowest BCUT2D eigenvalue weighted by Crippen LogP contribution is -2.37. The number of nitrogen functional groups attached to an aromatic ring is 1. The van der Waals surface area contributed by atoms with E-state index in [-0.39, 0.29) is 23.8 Å². The molecule has 0 saturated carbocycles. The predicted molar refractivity (Wildman–Crippen MR) is 96.2 cm³/mol. The summed E-state index contributed by atoms with van der Waals surface area (Å²) in [6, 6.07) is 7.19. The van der Waals surface area contributed by atoms with Gasteiger partial charge >= 0.3 is 0 Å². The number of nitrogens with zero attached hydrogens (tertiary/aromatic N) is 5. The Balaban J connectivity index is 1.46. The summed E-state index contributed by atoms with van der Waals surface area (Å²) >= 11 is 0. The Labute approximate surface area is 149 Å². The first-order chi connectivity index (χ1) is 12.6. The van der Waals surface area contributed by atoms with Crippen molar-refractivity contribution in [2.75, 3.05) is 12.3 Å². The van der Waals surface area contributed by atoms with Crippen molar-refractivity contribution in [2.45, 2.75) is 25.9 Å². The zero-order valence-corrected chi connectivity index (χ0v) is 14.1. The highest BCUT2D eigenvalue weighted by Gasteiger charge is 2.22. The summed E-state index contributed by atoms with van der Waals surface area (Å²) < 4.78 is 1.48.